The minimum atomic E-state index is -3.64. The molecule has 1 N–H and O–H groups in total. The van der Waals surface area contributed by atoms with Crippen LogP contribution in [0.25, 0.3) is 0 Å². The molecule has 1 saturated carbocycles. The second-order valence-corrected chi connectivity index (χ2v) is 16.9. The third-order valence-corrected chi connectivity index (χ3v) is 13.0. The van der Waals surface area contributed by atoms with Crippen LogP contribution in [0.15, 0.2) is 92.3 Å². The fraction of sp³-hybridized carbons (Fsp3) is 0.432. The standard InChI is InChI=1S/C37H39ClF2N4O3S2/c1-22(39)2-8-27-9-15-32(42-27)34-33-18-23(21-49(46,47)29-12-5-25(6-13-29)24-3-10-28(45)11-4-24)20-44(33)36(37-41-16-17-48-37)43-35(34)30-14-7-26(40)19-31(30)38/h5-7,9,12-17,19,22-24,27-28,35,45H,2-4,8,10-11,18,20-21H2,1H3/t22?,23-,24-,27?,28-,35-/m0/s1. The van der Waals surface area contributed by atoms with Gasteiger partial charge in [-0.3, -0.25) is 9.98 Å². The molecule has 3 aliphatic heterocycles. The maximum atomic E-state index is 14.2. The fourth-order valence-corrected chi connectivity index (χ4v) is 10.0. The van der Waals surface area contributed by atoms with Crippen LogP contribution in [0.3, 0.4) is 0 Å². The van der Waals surface area contributed by atoms with Crippen LogP contribution in [-0.2, 0) is 9.84 Å². The molecule has 1 aliphatic carbocycles. The lowest BCUT2D eigenvalue weighted by Gasteiger charge is -2.33. The highest BCUT2D eigenvalue weighted by Gasteiger charge is 2.42. The van der Waals surface area contributed by atoms with E-state index >= 15 is 0 Å². The van der Waals surface area contributed by atoms with E-state index in [1.165, 1.54) is 30.4 Å². The lowest BCUT2D eigenvalue weighted by molar-refractivity contribution is 0.122. The molecule has 0 amide bonds. The second-order valence-electron chi connectivity index (χ2n) is 13.6. The van der Waals surface area contributed by atoms with Crippen LogP contribution in [0.5, 0.6) is 0 Å². The summed E-state index contributed by atoms with van der Waals surface area (Å²) in [4.78, 5) is 17.1. The first-order valence-electron chi connectivity index (χ1n) is 16.9. The lowest BCUT2D eigenvalue weighted by atomic mass is 9.83. The minimum absolute atomic E-state index is 0.0539. The highest BCUT2D eigenvalue weighted by Crippen LogP contribution is 2.45. The third kappa shape index (κ3) is 7.31. The van der Waals surface area contributed by atoms with Gasteiger partial charge in [-0.1, -0.05) is 35.9 Å². The van der Waals surface area contributed by atoms with E-state index in [9.17, 15) is 22.3 Å². The van der Waals surface area contributed by atoms with Gasteiger partial charge in [-0.25, -0.2) is 22.2 Å². The van der Waals surface area contributed by atoms with Gasteiger partial charge in [0.1, 0.15) is 11.9 Å². The van der Waals surface area contributed by atoms with E-state index in [0.717, 1.165) is 42.5 Å². The number of aliphatic imine (C=N–C) groups is 2. The first-order valence-corrected chi connectivity index (χ1v) is 19.8. The number of hydrogen-bond acceptors (Lipinski definition) is 8. The molecule has 7 rings (SSSR count). The van der Waals surface area contributed by atoms with Crippen molar-refractivity contribution in [1.29, 1.82) is 0 Å². The largest absolute Gasteiger partial charge is 0.393 e. The number of aromatic nitrogens is 1. The Kier molecular flexibility index (Phi) is 9.89. The van der Waals surface area contributed by atoms with E-state index in [1.807, 2.05) is 29.7 Å². The van der Waals surface area contributed by atoms with E-state index in [-0.39, 0.29) is 28.8 Å². The summed E-state index contributed by atoms with van der Waals surface area (Å²) in [5, 5.41) is 12.7. The molecular formula is C37H39ClF2N4O3S2. The average molecular weight is 725 g/mol. The Balaban J connectivity index is 1.23. The summed E-state index contributed by atoms with van der Waals surface area (Å²) in [5.41, 5.74) is 4.10. The van der Waals surface area contributed by atoms with Crippen LogP contribution in [0.4, 0.5) is 8.78 Å². The summed E-state index contributed by atoms with van der Waals surface area (Å²) in [6.45, 7) is 1.96. The van der Waals surface area contributed by atoms with Crippen LogP contribution in [0.2, 0.25) is 5.02 Å². The number of alkyl halides is 1. The average Bonchev–Trinajstić information content (AvgIpc) is 3.85. The molecule has 258 valence electrons. The normalized spacial score (nSPS) is 26.1. The van der Waals surface area contributed by atoms with E-state index in [1.54, 1.807) is 24.4 Å². The van der Waals surface area contributed by atoms with Gasteiger partial charge in [0.25, 0.3) is 0 Å². The Morgan fingerprint density at radius 2 is 1.88 bits per heavy atom. The van der Waals surface area contributed by atoms with Gasteiger partial charge in [0, 0.05) is 40.0 Å². The van der Waals surface area contributed by atoms with Crippen molar-refractivity contribution in [2.75, 3.05) is 12.3 Å². The molecule has 4 atom stereocenters. The first kappa shape index (κ1) is 34.2. The molecule has 1 saturated heterocycles. The van der Waals surface area contributed by atoms with Crippen molar-refractivity contribution < 1.29 is 22.3 Å². The summed E-state index contributed by atoms with van der Waals surface area (Å²) in [6.07, 6.45) is 9.14. The van der Waals surface area contributed by atoms with E-state index in [4.69, 9.17) is 21.6 Å². The number of halogens is 3. The minimum Gasteiger partial charge on any atom is -0.393 e. The van der Waals surface area contributed by atoms with Crippen molar-refractivity contribution in [3.05, 3.63) is 104 Å². The molecule has 12 heteroatoms. The van der Waals surface area contributed by atoms with Gasteiger partial charge in [0.2, 0.25) is 0 Å². The van der Waals surface area contributed by atoms with Crippen molar-refractivity contribution >= 4 is 44.3 Å². The number of amidine groups is 1. The van der Waals surface area contributed by atoms with E-state index in [2.05, 4.69) is 9.88 Å². The summed E-state index contributed by atoms with van der Waals surface area (Å²) < 4.78 is 55.7. The zero-order valence-electron chi connectivity index (χ0n) is 27.2. The monoisotopic (exact) mass is 724 g/mol. The molecule has 0 bridgehead atoms. The van der Waals surface area contributed by atoms with E-state index in [0.29, 0.717) is 58.7 Å². The SMILES string of the molecule is CC(F)CCC1C=CC(C2=C3C[C@H](CS(=O)(=O)c4ccc([C@H]5CC[C@H](O)CC5)cc4)CN3C(c3nccs3)=N[C@H]2c2ccc(F)cc2Cl)=N1. The molecule has 3 aromatic rings. The Hall–Kier alpha value is -3.25. The first-order chi connectivity index (χ1) is 23.6. The van der Waals surface area contributed by atoms with Crippen LogP contribution in [0.1, 0.15) is 80.0 Å². The summed E-state index contributed by atoms with van der Waals surface area (Å²) >= 11 is 8.10. The van der Waals surface area contributed by atoms with E-state index < -0.39 is 27.9 Å². The summed E-state index contributed by atoms with van der Waals surface area (Å²) in [7, 11) is -3.64. The summed E-state index contributed by atoms with van der Waals surface area (Å²) in [6, 6.07) is 10.7. The van der Waals surface area contributed by atoms with Gasteiger partial charge < -0.3 is 10.0 Å². The van der Waals surface area contributed by atoms with Gasteiger partial charge in [-0.2, -0.15) is 0 Å². The second kappa shape index (κ2) is 14.2. The number of thiazole rings is 1. The van der Waals surface area contributed by atoms with Crippen molar-refractivity contribution in [2.45, 2.75) is 87.0 Å². The number of sulfone groups is 1. The number of aliphatic hydroxyl groups is 1. The van der Waals surface area contributed by atoms with Gasteiger partial charge in [0.15, 0.2) is 20.7 Å². The third-order valence-electron chi connectivity index (χ3n) is 10.0. The number of nitrogens with zero attached hydrogens (tertiary/aromatic N) is 4. The topological polar surface area (TPSA) is 95.2 Å². The maximum Gasteiger partial charge on any atom is 0.178 e. The van der Waals surface area contributed by atoms with Gasteiger partial charge in [0.05, 0.1) is 34.7 Å². The Morgan fingerprint density at radius 3 is 2.57 bits per heavy atom. The highest BCUT2D eigenvalue weighted by molar-refractivity contribution is 7.91. The Labute approximate surface area is 295 Å². The number of fused-ring (bicyclic) bond motifs is 1. The summed E-state index contributed by atoms with van der Waals surface area (Å²) in [5.74, 6) is 0.180. The quantitative estimate of drug-likeness (QED) is 0.229. The molecule has 4 heterocycles. The maximum absolute atomic E-state index is 14.2. The molecule has 2 aromatic carbocycles. The molecule has 4 aliphatic rings. The van der Waals surface area contributed by atoms with Crippen LogP contribution >= 0.6 is 22.9 Å². The van der Waals surface area contributed by atoms with Crippen molar-refractivity contribution in [2.24, 2.45) is 15.9 Å². The molecular weight excluding hydrogens is 686 g/mol. The van der Waals surface area contributed by atoms with Crippen LogP contribution in [-0.4, -0.2) is 65.6 Å². The molecule has 2 unspecified atom stereocenters. The Morgan fingerprint density at radius 1 is 1.10 bits per heavy atom. The molecule has 0 spiro atoms. The molecule has 2 fully saturated rings. The predicted octanol–water partition coefficient (Wildman–Crippen LogP) is 8.02. The number of rotatable bonds is 10. The molecule has 7 nitrogen and oxygen atoms in total. The van der Waals surface area contributed by atoms with Crippen LogP contribution < -0.4 is 0 Å². The van der Waals surface area contributed by atoms with Gasteiger partial charge in [-0.05, 0) is 99.6 Å². The molecule has 49 heavy (non-hydrogen) atoms. The number of allylic oxidation sites excluding steroid dienone is 2. The predicted molar refractivity (Wildman–Crippen MR) is 191 cm³/mol. The molecule has 0 radical (unpaired) electrons. The van der Waals surface area contributed by atoms with Gasteiger partial charge >= 0.3 is 0 Å². The Bertz CT molecular complexity index is 1920. The van der Waals surface area contributed by atoms with Crippen LogP contribution in [0, 0.1) is 11.7 Å². The highest BCUT2D eigenvalue weighted by atomic mass is 35.5. The zero-order chi connectivity index (χ0) is 34.3. The van der Waals surface area contributed by atoms with Crippen molar-refractivity contribution in [3.63, 3.8) is 0 Å². The number of benzene rings is 2. The number of aliphatic hydroxyl groups excluding tert-OH is 1. The smallest absolute Gasteiger partial charge is 0.178 e. The van der Waals surface area contributed by atoms with Crippen molar-refractivity contribution in [1.82, 2.24) is 9.88 Å². The number of hydrogen-bond donors (Lipinski definition) is 1. The fourth-order valence-electron chi connectivity index (χ4n) is 7.50. The van der Waals surface area contributed by atoms with Gasteiger partial charge in [-0.15, -0.1) is 11.3 Å². The van der Waals surface area contributed by atoms with Crippen molar-refractivity contribution in [3.8, 4) is 0 Å². The molecule has 1 aromatic heterocycles. The zero-order valence-corrected chi connectivity index (χ0v) is 29.6. The lowest BCUT2D eigenvalue weighted by Crippen LogP contribution is -2.35.